The average molecular weight is 500 g/mol. The van der Waals surface area contributed by atoms with Gasteiger partial charge < -0.3 is 0 Å². The van der Waals surface area contributed by atoms with Crippen molar-refractivity contribution in [3.63, 3.8) is 0 Å². The number of guanidine groups is 1. The Balaban J connectivity index is 1.39. The second-order valence-corrected chi connectivity index (χ2v) is 12.8. The van der Waals surface area contributed by atoms with Crippen LogP contribution in [0, 0.1) is 11.8 Å². The number of sulfonamides is 1. The zero-order valence-electron chi connectivity index (χ0n) is 20.3. The molecule has 1 N–H and O–H groups in total. The number of benzene rings is 1. The molecule has 0 unspecified atom stereocenters. The number of aliphatic imine (C=N–C) groups is 1. The fraction of sp³-hybridized carbons (Fsp3) is 0.600. The Kier molecular flexibility index (Phi) is 4.77. The highest BCUT2D eigenvalue weighted by atomic mass is 32.2. The number of anilines is 1. The average Bonchev–Trinajstić information content (AvgIpc) is 3.75. The Hall–Kier alpha value is -2.48. The van der Waals surface area contributed by atoms with Gasteiger partial charge in [0.25, 0.3) is 5.91 Å². The molecule has 0 radical (unpaired) electrons. The number of nitrogens with one attached hydrogen (secondary N) is 1. The molecule has 0 bridgehead atoms. The molecule has 1 aromatic carbocycles. The molecule has 3 aliphatic carbocycles. The van der Waals surface area contributed by atoms with Crippen LogP contribution >= 0.6 is 0 Å². The zero-order chi connectivity index (χ0) is 24.8. The van der Waals surface area contributed by atoms with Gasteiger partial charge in [-0.05, 0) is 77.7 Å². The van der Waals surface area contributed by atoms with E-state index in [1.165, 1.54) is 17.0 Å². The van der Waals surface area contributed by atoms with Crippen molar-refractivity contribution in [3.8, 4) is 11.8 Å². The molecule has 0 spiro atoms. The molecule has 6 rings (SSSR count). The van der Waals surface area contributed by atoms with E-state index < -0.39 is 27.1 Å². The van der Waals surface area contributed by atoms with E-state index in [0.717, 1.165) is 25.7 Å². The minimum atomic E-state index is -3.80. The monoisotopic (exact) mass is 499 g/mol. The van der Waals surface area contributed by atoms with E-state index in [1.807, 2.05) is 25.9 Å². The predicted octanol–water partition coefficient (Wildman–Crippen LogP) is 2.12. The zero-order valence-corrected chi connectivity index (χ0v) is 21.1. The molecule has 0 saturated heterocycles. The number of hydrogen-bond acceptors (Lipinski definition) is 6. The summed E-state index contributed by atoms with van der Waals surface area (Å²) >= 11 is 0. The van der Waals surface area contributed by atoms with Gasteiger partial charge in [-0.15, -0.1) is 0 Å². The molecule has 5 aliphatic rings. The Morgan fingerprint density at radius 3 is 2.51 bits per heavy atom. The molecule has 3 saturated carbocycles. The maximum atomic E-state index is 14.8. The van der Waals surface area contributed by atoms with Crippen LogP contribution in [0.2, 0.25) is 0 Å². The topological polar surface area (TPSA) is 85.3 Å². The van der Waals surface area contributed by atoms with Crippen molar-refractivity contribution in [1.82, 2.24) is 14.5 Å². The molecule has 186 valence electrons. The standard InChI is InChI=1S/C25H30FN5O3S/c1-23(8-9-23)28-35(33,34)18-4-5-20-19(14-18)21(32)30(16-24(26)10-11-24)22-27-15-17(31(20)22)6-7-25(12-13-25)29(2)3/h4-5,14,17,28H,8-13,15-16H2,1-3H3/t17-/m0/s1. The lowest BCUT2D eigenvalue weighted by atomic mass is 10.1. The molecule has 1 amide bonds. The van der Waals surface area contributed by atoms with E-state index in [4.69, 9.17) is 0 Å². The third kappa shape index (κ3) is 3.94. The van der Waals surface area contributed by atoms with Crippen molar-refractivity contribution >= 4 is 27.6 Å². The van der Waals surface area contributed by atoms with Crippen molar-refractivity contribution in [2.45, 2.75) is 73.1 Å². The summed E-state index contributed by atoms with van der Waals surface area (Å²) in [5.74, 6) is 6.75. The van der Waals surface area contributed by atoms with Crippen molar-refractivity contribution in [2.24, 2.45) is 4.99 Å². The van der Waals surface area contributed by atoms with Gasteiger partial charge in [0.1, 0.15) is 11.7 Å². The van der Waals surface area contributed by atoms with Gasteiger partial charge in [-0.1, -0.05) is 11.8 Å². The summed E-state index contributed by atoms with van der Waals surface area (Å²) < 4.78 is 43.6. The first kappa shape index (κ1) is 23.0. The summed E-state index contributed by atoms with van der Waals surface area (Å²) in [7, 11) is 0.238. The quantitative estimate of drug-likeness (QED) is 0.606. The lowest BCUT2D eigenvalue weighted by Gasteiger charge is -2.38. The van der Waals surface area contributed by atoms with Gasteiger partial charge in [0.05, 0.1) is 34.8 Å². The summed E-state index contributed by atoms with van der Waals surface area (Å²) in [6, 6.07) is 4.29. The van der Waals surface area contributed by atoms with Crippen LogP contribution in [0.1, 0.15) is 55.8 Å². The van der Waals surface area contributed by atoms with Crippen molar-refractivity contribution in [2.75, 3.05) is 32.1 Å². The summed E-state index contributed by atoms with van der Waals surface area (Å²) in [4.78, 5) is 23.6. The highest BCUT2D eigenvalue weighted by Gasteiger charge is 2.51. The fourth-order valence-corrected chi connectivity index (χ4v) is 6.27. The Morgan fingerprint density at radius 2 is 1.91 bits per heavy atom. The third-order valence-corrected chi connectivity index (χ3v) is 9.49. The second kappa shape index (κ2) is 7.28. The number of halogens is 1. The minimum absolute atomic E-state index is 0.0332. The number of amides is 1. The molecular formula is C25H30FN5O3S. The third-order valence-electron chi connectivity index (χ3n) is 7.85. The van der Waals surface area contributed by atoms with Gasteiger partial charge in [-0.2, -0.15) is 0 Å². The molecule has 1 atom stereocenters. The van der Waals surface area contributed by atoms with Crippen LogP contribution in [0.15, 0.2) is 28.1 Å². The van der Waals surface area contributed by atoms with E-state index in [0.29, 0.717) is 31.0 Å². The SMILES string of the molecule is CN(C)C1(C#C[C@H]2CN=C3N(CC4(F)CC4)C(=O)c4cc(S(=O)(=O)NC5(C)CC5)ccc4N32)CC1. The smallest absolute Gasteiger partial charge is 0.262 e. The van der Waals surface area contributed by atoms with Crippen molar-refractivity contribution < 1.29 is 17.6 Å². The largest absolute Gasteiger partial charge is 0.295 e. The van der Waals surface area contributed by atoms with Gasteiger partial charge in [0.2, 0.25) is 16.0 Å². The number of fused-ring (bicyclic) bond motifs is 3. The van der Waals surface area contributed by atoms with E-state index in [-0.39, 0.29) is 28.6 Å². The highest BCUT2D eigenvalue weighted by molar-refractivity contribution is 7.89. The van der Waals surface area contributed by atoms with E-state index >= 15 is 0 Å². The Bertz CT molecular complexity index is 1320. The first-order valence-corrected chi connectivity index (χ1v) is 13.7. The van der Waals surface area contributed by atoms with E-state index in [1.54, 1.807) is 6.07 Å². The first-order valence-electron chi connectivity index (χ1n) is 12.2. The van der Waals surface area contributed by atoms with Gasteiger partial charge in [-0.25, -0.2) is 22.5 Å². The van der Waals surface area contributed by atoms with E-state index in [2.05, 4.69) is 26.5 Å². The number of carbonyl (C=O) groups excluding carboxylic acids is 1. The summed E-state index contributed by atoms with van der Waals surface area (Å²) in [5.41, 5.74) is -1.18. The van der Waals surface area contributed by atoms with Crippen LogP contribution < -0.4 is 9.62 Å². The van der Waals surface area contributed by atoms with Gasteiger partial charge in [-0.3, -0.25) is 19.5 Å². The Morgan fingerprint density at radius 1 is 1.20 bits per heavy atom. The van der Waals surface area contributed by atoms with Crippen molar-refractivity contribution in [1.29, 1.82) is 0 Å². The summed E-state index contributed by atoms with van der Waals surface area (Å²) in [6.07, 6.45) is 4.39. The number of carbonyl (C=O) groups is 1. The summed E-state index contributed by atoms with van der Waals surface area (Å²) in [5, 5.41) is 0. The first-order chi connectivity index (χ1) is 16.4. The number of alkyl halides is 1. The highest BCUT2D eigenvalue weighted by Crippen LogP contribution is 2.44. The lowest BCUT2D eigenvalue weighted by molar-refractivity contribution is 0.0800. The lowest BCUT2D eigenvalue weighted by Crippen LogP contribution is -2.54. The number of hydrogen-bond donors (Lipinski definition) is 1. The molecule has 8 nitrogen and oxygen atoms in total. The second-order valence-electron chi connectivity index (χ2n) is 11.1. The van der Waals surface area contributed by atoms with Crippen LogP contribution in [0.3, 0.4) is 0 Å². The molecule has 2 aliphatic heterocycles. The molecular weight excluding hydrogens is 469 g/mol. The number of rotatable bonds is 6. The van der Waals surface area contributed by atoms with Gasteiger partial charge in [0.15, 0.2) is 0 Å². The minimum Gasteiger partial charge on any atom is -0.295 e. The van der Waals surface area contributed by atoms with Crippen LogP contribution in [-0.4, -0.2) is 80.1 Å². The maximum Gasteiger partial charge on any atom is 0.262 e. The van der Waals surface area contributed by atoms with Gasteiger partial charge in [0, 0.05) is 5.54 Å². The molecule has 1 aromatic rings. The van der Waals surface area contributed by atoms with Crippen LogP contribution in [-0.2, 0) is 10.0 Å². The molecule has 35 heavy (non-hydrogen) atoms. The predicted molar refractivity (Wildman–Crippen MR) is 131 cm³/mol. The van der Waals surface area contributed by atoms with Gasteiger partial charge >= 0.3 is 0 Å². The normalized spacial score (nSPS) is 26.5. The van der Waals surface area contributed by atoms with Crippen LogP contribution in [0.4, 0.5) is 10.1 Å². The molecule has 2 heterocycles. The van der Waals surface area contributed by atoms with E-state index in [9.17, 15) is 17.6 Å². The maximum absolute atomic E-state index is 14.8. The molecule has 3 fully saturated rings. The molecule has 10 heteroatoms. The van der Waals surface area contributed by atoms with Crippen LogP contribution in [0.25, 0.3) is 0 Å². The molecule has 0 aromatic heterocycles. The van der Waals surface area contributed by atoms with Crippen molar-refractivity contribution in [3.05, 3.63) is 23.8 Å². The summed E-state index contributed by atoms with van der Waals surface area (Å²) in [6.45, 7) is 2.15. The number of nitrogens with zero attached hydrogens (tertiary/aromatic N) is 4. The van der Waals surface area contributed by atoms with Crippen LogP contribution in [0.5, 0.6) is 0 Å². The Labute approximate surface area is 205 Å². The fourth-order valence-electron chi connectivity index (χ4n) is 4.78.